The molecular weight excluding hydrogens is 306 g/mol. The van der Waals surface area contributed by atoms with Gasteiger partial charge in [-0.1, -0.05) is 6.07 Å². The Morgan fingerprint density at radius 2 is 2.29 bits per heavy atom. The molecule has 6 nitrogen and oxygen atoms in total. The Morgan fingerprint density at radius 1 is 1.42 bits per heavy atom. The molecule has 3 unspecified atom stereocenters. The number of hydrogen-bond acceptors (Lipinski definition) is 5. The molecule has 0 radical (unpaired) electrons. The highest BCUT2D eigenvalue weighted by atomic mass is 16.5. The van der Waals surface area contributed by atoms with Crippen LogP contribution < -0.4 is 0 Å². The van der Waals surface area contributed by atoms with Gasteiger partial charge >= 0.3 is 0 Å². The zero-order chi connectivity index (χ0) is 16.9. The van der Waals surface area contributed by atoms with E-state index in [2.05, 4.69) is 16.0 Å². The molecule has 2 aliphatic rings. The normalized spacial score (nSPS) is 27.0. The number of aromatic nitrogens is 1. The Labute approximate surface area is 143 Å². The van der Waals surface area contributed by atoms with Crippen LogP contribution in [0.25, 0.3) is 0 Å². The lowest BCUT2D eigenvalue weighted by Gasteiger charge is -2.37. The highest BCUT2D eigenvalue weighted by Crippen LogP contribution is 2.35. The molecule has 1 aromatic heterocycles. The van der Waals surface area contributed by atoms with Crippen LogP contribution in [0.2, 0.25) is 0 Å². The minimum atomic E-state index is 0.0124. The number of carbonyl (C=O) groups is 1. The first-order chi connectivity index (χ1) is 11.6. The molecule has 1 amide bonds. The maximum atomic E-state index is 11.6. The number of carbonyl (C=O) groups excluding carboxylic acids is 1. The summed E-state index contributed by atoms with van der Waals surface area (Å²) in [4.78, 5) is 20.1. The molecule has 24 heavy (non-hydrogen) atoms. The van der Waals surface area contributed by atoms with Crippen LogP contribution in [0.15, 0.2) is 24.4 Å². The fourth-order valence-corrected chi connectivity index (χ4v) is 3.60. The van der Waals surface area contributed by atoms with Crippen molar-refractivity contribution in [1.29, 1.82) is 0 Å². The fraction of sp³-hybridized carbons (Fsp3) is 0.667. The molecule has 1 saturated carbocycles. The number of morpholine rings is 1. The van der Waals surface area contributed by atoms with Crippen LogP contribution in [-0.4, -0.2) is 73.3 Å². The lowest BCUT2D eigenvalue weighted by atomic mass is 10.1. The third-order valence-corrected chi connectivity index (χ3v) is 4.92. The van der Waals surface area contributed by atoms with E-state index in [0.717, 1.165) is 38.2 Å². The van der Waals surface area contributed by atoms with Crippen molar-refractivity contribution >= 4 is 5.91 Å². The van der Waals surface area contributed by atoms with Gasteiger partial charge in [0.25, 0.3) is 0 Å². The first kappa shape index (κ1) is 17.3. The van der Waals surface area contributed by atoms with E-state index in [0.29, 0.717) is 18.6 Å². The second-order valence-electron chi connectivity index (χ2n) is 6.91. The van der Waals surface area contributed by atoms with E-state index in [1.54, 1.807) is 19.0 Å². The van der Waals surface area contributed by atoms with Crippen LogP contribution in [0, 0.1) is 5.92 Å². The minimum Gasteiger partial charge on any atom is -0.375 e. The van der Waals surface area contributed by atoms with Crippen molar-refractivity contribution in [2.24, 2.45) is 5.92 Å². The third kappa shape index (κ3) is 4.32. The van der Waals surface area contributed by atoms with Gasteiger partial charge in [0.05, 0.1) is 25.0 Å². The number of nitrogens with zero attached hydrogens (tertiary/aromatic N) is 3. The Bertz CT molecular complexity index is 538. The summed E-state index contributed by atoms with van der Waals surface area (Å²) >= 11 is 0. The Kier molecular flexibility index (Phi) is 5.81. The number of fused-ring (bicyclic) bond motifs is 1. The number of rotatable bonds is 6. The number of amides is 1. The molecule has 1 aliphatic heterocycles. The van der Waals surface area contributed by atoms with E-state index >= 15 is 0 Å². The molecule has 3 atom stereocenters. The molecular formula is C18H27N3O3. The molecule has 132 valence electrons. The maximum Gasteiger partial charge on any atom is 0.248 e. The summed E-state index contributed by atoms with van der Waals surface area (Å²) in [6.07, 6.45) is 4.20. The van der Waals surface area contributed by atoms with Gasteiger partial charge < -0.3 is 14.4 Å². The van der Waals surface area contributed by atoms with Gasteiger partial charge in [0.15, 0.2) is 0 Å². The highest BCUT2D eigenvalue weighted by molar-refractivity contribution is 5.76. The van der Waals surface area contributed by atoms with Crippen LogP contribution in [0.5, 0.6) is 0 Å². The van der Waals surface area contributed by atoms with E-state index in [1.807, 2.05) is 18.3 Å². The zero-order valence-electron chi connectivity index (χ0n) is 14.6. The molecule has 2 fully saturated rings. The molecule has 6 heteroatoms. The lowest BCUT2D eigenvalue weighted by molar-refractivity contribution is -0.134. The lowest BCUT2D eigenvalue weighted by Crippen LogP contribution is -2.47. The molecule has 0 spiro atoms. The van der Waals surface area contributed by atoms with E-state index in [1.165, 1.54) is 0 Å². The number of pyridine rings is 1. The van der Waals surface area contributed by atoms with Gasteiger partial charge in [-0.2, -0.15) is 0 Å². The van der Waals surface area contributed by atoms with Gasteiger partial charge in [0.1, 0.15) is 6.61 Å². The summed E-state index contributed by atoms with van der Waals surface area (Å²) in [5.74, 6) is 0.470. The largest absolute Gasteiger partial charge is 0.375 e. The van der Waals surface area contributed by atoms with E-state index in [9.17, 15) is 4.79 Å². The summed E-state index contributed by atoms with van der Waals surface area (Å²) in [6.45, 7) is 3.40. The monoisotopic (exact) mass is 333 g/mol. The van der Waals surface area contributed by atoms with Crippen LogP contribution in [0.1, 0.15) is 18.5 Å². The average molecular weight is 333 g/mol. The standard InChI is InChI=1S/C18H27N3O3/c1-20(2)18(22)13-23-12-14-9-16-17(10-14)24-8-7-21(16)11-15-5-3-4-6-19-15/h3-6,14,16-17H,7-13H2,1-2H3. The molecule has 0 aromatic carbocycles. The minimum absolute atomic E-state index is 0.0124. The van der Waals surface area contributed by atoms with Crippen molar-refractivity contribution in [3.8, 4) is 0 Å². The molecule has 1 saturated heterocycles. The van der Waals surface area contributed by atoms with Gasteiger partial charge in [-0.15, -0.1) is 0 Å². The van der Waals surface area contributed by atoms with Crippen LogP contribution in [0.3, 0.4) is 0 Å². The highest BCUT2D eigenvalue weighted by Gasteiger charge is 2.41. The van der Waals surface area contributed by atoms with E-state index in [4.69, 9.17) is 9.47 Å². The zero-order valence-corrected chi connectivity index (χ0v) is 14.6. The predicted molar refractivity (Wildman–Crippen MR) is 90.4 cm³/mol. The molecule has 0 N–H and O–H groups in total. The van der Waals surface area contributed by atoms with Gasteiger partial charge in [-0.25, -0.2) is 0 Å². The molecule has 1 aliphatic carbocycles. The van der Waals surface area contributed by atoms with Crippen molar-refractivity contribution in [3.63, 3.8) is 0 Å². The van der Waals surface area contributed by atoms with Crippen molar-refractivity contribution < 1.29 is 14.3 Å². The summed E-state index contributed by atoms with van der Waals surface area (Å²) < 4.78 is 11.6. The summed E-state index contributed by atoms with van der Waals surface area (Å²) in [6, 6.07) is 6.49. The first-order valence-corrected chi connectivity index (χ1v) is 8.67. The SMILES string of the molecule is CN(C)C(=O)COCC1CC2OCCN(Cc3ccccn3)C2C1. The fourth-order valence-electron chi connectivity index (χ4n) is 3.60. The van der Waals surface area contributed by atoms with E-state index < -0.39 is 0 Å². The van der Waals surface area contributed by atoms with Crippen molar-refractivity contribution in [3.05, 3.63) is 30.1 Å². The third-order valence-electron chi connectivity index (χ3n) is 4.92. The number of hydrogen-bond donors (Lipinski definition) is 0. The Balaban J connectivity index is 1.50. The van der Waals surface area contributed by atoms with Gasteiger partial charge in [-0.05, 0) is 30.9 Å². The average Bonchev–Trinajstić information content (AvgIpc) is 2.99. The maximum absolute atomic E-state index is 11.6. The first-order valence-electron chi connectivity index (χ1n) is 8.67. The second kappa shape index (κ2) is 8.05. The van der Waals surface area contributed by atoms with Gasteiger partial charge in [0, 0.05) is 39.4 Å². The molecule has 0 bridgehead atoms. The van der Waals surface area contributed by atoms with E-state index in [-0.39, 0.29) is 18.6 Å². The van der Waals surface area contributed by atoms with Crippen molar-refractivity contribution in [2.45, 2.75) is 31.5 Å². The van der Waals surface area contributed by atoms with Crippen molar-refractivity contribution in [1.82, 2.24) is 14.8 Å². The molecule has 3 rings (SSSR count). The topological polar surface area (TPSA) is 54.9 Å². The number of ether oxygens (including phenoxy) is 2. The van der Waals surface area contributed by atoms with Crippen molar-refractivity contribution in [2.75, 3.05) is 40.5 Å². The molecule has 1 aromatic rings. The smallest absolute Gasteiger partial charge is 0.248 e. The summed E-state index contributed by atoms with van der Waals surface area (Å²) in [5, 5.41) is 0. The van der Waals surface area contributed by atoms with Gasteiger partial charge in [-0.3, -0.25) is 14.7 Å². The second-order valence-corrected chi connectivity index (χ2v) is 6.91. The summed E-state index contributed by atoms with van der Waals surface area (Å²) in [5.41, 5.74) is 1.11. The van der Waals surface area contributed by atoms with Crippen LogP contribution in [0.4, 0.5) is 0 Å². The Hall–Kier alpha value is -1.50. The van der Waals surface area contributed by atoms with Crippen LogP contribution >= 0.6 is 0 Å². The molecule has 2 heterocycles. The quantitative estimate of drug-likeness (QED) is 0.782. The predicted octanol–water partition coefficient (Wildman–Crippen LogP) is 1.17. The van der Waals surface area contributed by atoms with Gasteiger partial charge in [0.2, 0.25) is 5.91 Å². The summed E-state index contributed by atoms with van der Waals surface area (Å²) in [7, 11) is 3.50. The van der Waals surface area contributed by atoms with Crippen LogP contribution in [-0.2, 0) is 20.8 Å². The Morgan fingerprint density at radius 3 is 3.04 bits per heavy atom. The number of likely N-dealkylation sites (N-methyl/N-ethyl adjacent to an activating group) is 1.